The highest BCUT2D eigenvalue weighted by Gasteiger charge is 2.33. The quantitative estimate of drug-likeness (QED) is 0.728. The van der Waals surface area contributed by atoms with Crippen LogP contribution in [0.3, 0.4) is 0 Å². The second kappa shape index (κ2) is 7.07. The molecule has 1 aliphatic heterocycles. The number of hydrogen-bond acceptors (Lipinski definition) is 4. The molecule has 0 radical (unpaired) electrons. The highest BCUT2D eigenvalue weighted by Crippen LogP contribution is 2.15. The molecule has 0 aliphatic carbocycles. The summed E-state index contributed by atoms with van der Waals surface area (Å²) in [6.45, 7) is 6.55. The molecule has 1 rings (SSSR count). The first kappa shape index (κ1) is 15.4. The van der Waals surface area contributed by atoms with E-state index in [0.717, 1.165) is 19.5 Å². The standard InChI is InChI=1S/C13H26N2O3/c1-13(2,18-4)12(16)15(8-9-17-3)10-11-6-5-7-14-11/h11,14H,5-10H2,1-4H3. The van der Waals surface area contributed by atoms with E-state index in [-0.39, 0.29) is 5.91 Å². The summed E-state index contributed by atoms with van der Waals surface area (Å²) in [6.07, 6.45) is 2.31. The van der Waals surface area contributed by atoms with Gasteiger partial charge in [-0.2, -0.15) is 0 Å². The zero-order valence-corrected chi connectivity index (χ0v) is 12.0. The molecular formula is C13H26N2O3. The predicted octanol–water partition coefficient (Wildman–Crippen LogP) is 0.638. The Morgan fingerprint density at radius 3 is 2.67 bits per heavy atom. The molecular weight excluding hydrogens is 232 g/mol. The summed E-state index contributed by atoms with van der Waals surface area (Å²) in [5.41, 5.74) is -0.771. The fourth-order valence-electron chi connectivity index (χ4n) is 2.12. The summed E-state index contributed by atoms with van der Waals surface area (Å²) in [5.74, 6) is 0.0238. The average Bonchev–Trinajstić information content (AvgIpc) is 2.86. The predicted molar refractivity (Wildman–Crippen MR) is 70.6 cm³/mol. The molecule has 0 spiro atoms. The molecule has 1 heterocycles. The fraction of sp³-hybridized carbons (Fsp3) is 0.923. The Kier molecular flexibility index (Phi) is 6.05. The van der Waals surface area contributed by atoms with Crippen molar-refractivity contribution in [1.82, 2.24) is 10.2 Å². The molecule has 1 aliphatic rings. The third-order valence-corrected chi connectivity index (χ3v) is 3.48. The largest absolute Gasteiger partial charge is 0.383 e. The van der Waals surface area contributed by atoms with E-state index in [1.807, 2.05) is 4.90 Å². The van der Waals surface area contributed by atoms with Gasteiger partial charge in [0.15, 0.2) is 0 Å². The van der Waals surface area contributed by atoms with Crippen molar-refractivity contribution in [3.05, 3.63) is 0 Å². The molecule has 1 unspecified atom stereocenters. The van der Waals surface area contributed by atoms with Crippen molar-refractivity contribution in [2.75, 3.05) is 40.5 Å². The molecule has 18 heavy (non-hydrogen) atoms. The number of rotatable bonds is 7. The molecule has 0 aromatic rings. The summed E-state index contributed by atoms with van der Waals surface area (Å²) in [4.78, 5) is 14.3. The van der Waals surface area contributed by atoms with Gasteiger partial charge in [-0.3, -0.25) is 4.79 Å². The van der Waals surface area contributed by atoms with Crippen molar-refractivity contribution < 1.29 is 14.3 Å². The first-order valence-electron chi connectivity index (χ1n) is 6.58. The highest BCUT2D eigenvalue weighted by molar-refractivity contribution is 5.84. The highest BCUT2D eigenvalue weighted by atomic mass is 16.5. The number of methoxy groups -OCH3 is 2. The van der Waals surface area contributed by atoms with E-state index in [0.29, 0.717) is 19.2 Å². The Hall–Kier alpha value is -0.650. The summed E-state index contributed by atoms with van der Waals surface area (Å²) in [6, 6.07) is 0.401. The molecule has 0 aromatic carbocycles. The van der Waals surface area contributed by atoms with Crippen LogP contribution in [0.5, 0.6) is 0 Å². The molecule has 0 bridgehead atoms. The lowest BCUT2D eigenvalue weighted by Crippen LogP contribution is -2.51. The Bertz CT molecular complexity index is 263. The first-order valence-corrected chi connectivity index (χ1v) is 6.58. The molecule has 5 nitrogen and oxygen atoms in total. The van der Waals surface area contributed by atoms with Gasteiger partial charge in [-0.25, -0.2) is 0 Å². The van der Waals surface area contributed by atoms with Crippen LogP contribution in [0.4, 0.5) is 0 Å². The summed E-state index contributed by atoms with van der Waals surface area (Å²) in [5, 5.41) is 3.41. The van der Waals surface area contributed by atoms with Crippen LogP contribution in [0.2, 0.25) is 0 Å². The van der Waals surface area contributed by atoms with Crippen molar-refractivity contribution in [2.24, 2.45) is 0 Å². The van der Waals surface area contributed by atoms with Crippen molar-refractivity contribution in [2.45, 2.75) is 38.3 Å². The Morgan fingerprint density at radius 2 is 2.17 bits per heavy atom. The lowest BCUT2D eigenvalue weighted by atomic mass is 10.1. The Balaban J connectivity index is 2.61. The lowest BCUT2D eigenvalue weighted by molar-refractivity contribution is -0.152. The third-order valence-electron chi connectivity index (χ3n) is 3.48. The van der Waals surface area contributed by atoms with Crippen LogP contribution in [0.25, 0.3) is 0 Å². The van der Waals surface area contributed by atoms with Crippen molar-refractivity contribution in [3.63, 3.8) is 0 Å². The van der Waals surface area contributed by atoms with Gasteiger partial charge in [0.05, 0.1) is 6.61 Å². The maximum atomic E-state index is 12.4. The van der Waals surface area contributed by atoms with Crippen molar-refractivity contribution in [3.8, 4) is 0 Å². The molecule has 1 atom stereocenters. The van der Waals surface area contributed by atoms with E-state index >= 15 is 0 Å². The average molecular weight is 258 g/mol. The van der Waals surface area contributed by atoms with Crippen molar-refractivity contribution >= 4 is 5.91 Å². The van der Waals surface area contributed by atoms with Gasteiger partial charge in [0.1, 0.15) is 5.60 Å². The van der Waals surface area contributed by atoms with E-state index < -0.39 is 5.60 Å². The molecule has 0 saturated carbocycles. The van der Waals surface area contributed by atoms with Gasteiger partial charge in [-0.1, -0.05) is 0 Å². The molecule has 106 valence electrons. The maximum Gasteiger partial charge on any atom is 0.254 e. The van der Waals surface area contributed by atoms with Crippen LogP contribution in [0.1, 0.15) is 26.7 Å². The molecule has 0 aromatic heterocycles. The van der Waals surface area contributed by atoms with Gasteiger partial charge >= 0.3 is 0 Å². The van der Waals surface area contributed by atoms with Crippen LogP contribution in [0, 0.1) is 0 Å². The van der Waals surface area contributed by atoms with Gasteiger partial charge in [-0.05, 0) is 33.2 Å². The molecule has 5 heteroatoms. The van der Waals surface area contributed by atoms with E-state index in [1.165, 1.54) is 6.42 Å². The fourth-order valence-corrected chi connectivity index (χ4v) is 2.12. The summed E-state index contributed by atoms with van der Waals surface area (Å²) in [7, 11) is 3.22. The monoisotopic (exact) mass is 258 g/mol. The van der Waals surface area contributed by atoms with Gasteiger partial charge in [0, 0.05) is 33.4 Å². The van der Waals surface area contributed by atoms with Gasteiger partial charge in [-0.15, -0.1) is 0 Å². The SMILES string of the molecule is COCCN(CC1CCCN1)C(=O)C(C)(C)OC. The third kappa shape index (κ3) is 4.23. The second-order valence-corrected chi connectivity index (χ2v) is 5.25. The van der Waals surface area contributed by atoms with Crippen LogP contribution in [-0.2, 0) is 14.3 Å². The Labute approximate surface area is 110 Å². The van der Waals surface area contributed by atoms with Gasteiger partial charge in [0.25, 0.3) is 5.91 Å². The van der Waals surface area contributed by atoms with E-state index in [1.54, 1.807) is 28.1 Å². The number of nitrogens with one attached hydrogen (secondary N) is 1. The molecule has 1 saturated heterocycles. The number of carbonyl (C=O) groups excluding carboxylic acids is 1. The minimum atomic E-state index is -0.771. The van der Waals surface area contributed by atoms with Crippen LogP contribution in [-0.4, -0.2) is 62.9 Å². The minimum Gasteiger partial charge on any atom is -0.383 e. The van der Waals surface area contributed by atoms with Crippen molar-refractivity contribution in [1.29, 1.82) is 0 Å². The summed E-state index contributed by atoms with van der Waals surface area (Å²) >= 11 is 0. The van der Waals surface area contributed by atoms with Gasteiger partial charge < -0.3 is 19.7 Å². The number of nitrogens with zero attached hydrogens (tertiary/aromatic N) is 1. The first-order chi connectivity index (χ1) is 8.51. The van der Waals surface area contributed by atoms with Gasteiger partial charge in [0.2, 0.25) is 0 Å². The smallest absolute Gasteiger partial charge is 0.254 e. The van der Waals surface area contributed by atoms with E-state index in [9.17, 15) is 4.79 Å². The lowest BCUT2D eigenvalue weighted by Gasteiger charge is -2.32. The topological polar surface area (TPSA) is 50.8 Å². The zero-order chi connectivity index (χ0) is 13.6. The Morgan fingerprint density at radius 1 is 1.44 bits per heavy atom. The van der Waals surface area contributed by atoms with Crippen LogP contribution >= 0.6 is 0 Å². The maximum absolute atomic E-state index is 12.4. The van der Waals surface area contributed by atoms with Crippen LogP contribution < -0.4 is 5.32 Å². The normalized spacial score (nSPS) is 20.1. The molecule has 1 fully saturated rings. The molecule has 1 N–H and O–H groups in total. The van der Waals surface area contributed by atoms with E-state index in [4.69, 9.17) is 9.47 Å². The summed E-state index contributed by atoms with van der Waals surface area (Å²) < 4.78 is 10.4. The number of ether oxygens (including phenoxy) is 2. The number of carbonyl (C=O) groups is 1. The van der Waals surface area contributed by atoms with E-state index in [2.05, 4.69) is 5.32 Å². The zero-order valence-electron chi connectivity index (χ0n) is 12.0. The molecule has 1 amide bonds. The second-order valence-electron chi connectivity index (χ2n) is 5.25. The number of amides is 1. The number of hydrogen-bond donors (Lipinski definition) is 1. The minimum absolute atomic E-state index is 0.0238. The van der Waals surface area contributed by atoms with Crippen LogP contribution in [0.15, 0.2) is 0 Å².